The molecule has 0 saturated carbocycles. The Morgan fingerprint density at radius 1 is 1.00 bits per heavy atom. The van der Waals surface area contributed by atoms with Gasteiger partial charge in [-0.15, -0.1) is 0 Å². The Hall–Kier alpha value is -2.32. The van der Waals surface area contributed by atoms with Crippen molar-refractivity contribution in [3.8, 4) is 17.2 Å². The first-order chi connectivity index (χ1) is 13.0. The number of aliphatic hydroxyl groups excluding tert-OH is 2. The van der Waals surface area contributed by atoms with Gasteiger partial charge in [0.1, 0.15) is 29.5 Å². The number of fused-ring (bicyclic) bond motifs is 1. The number of rotatable bonds is 0. The molecule has 3 N–H and O–H groups in total. The quantitative estimate of drug-likeness (QED) is 0.610. The van der Waals surface area contributed by atoms with E-state index in [2.05, 4.69) is 0 Å². The number of epoxide rings is 1. The highest BCUT2D eigenvalue weighted by atomic mass is 16.8. The highest BCUT2D eigenvalue weighted by Gasteiger charge is 2.74. The van der Waals surface area contributed by atoms with Gasteiger partial charge in [0.25, 0.3) is 5.79 Å². The van der Waals surface area contributed by atoms with Crippen LogP contribution < -0.4 is 9.47 Å². The molecule has 138 valence electrons. The summed E-state index contributed by atoms with van der Waals surface area (Å²) in [6.45, 7) is 0. The predicted octanol–water partition coefficient (Wildman–Crippen LogP) is 1.84. The highest BCUT2D eigenvalue weighted by molar-refractivity contribution is 5.60. The van der Waals surface area contributed by atoms with Gasteiger partial charge in [0.05, 0.1) is 17.2 Å². The van der Waals surface area contributed by atoms with Crippen LogP contribution >= 0.6 is 0 Å². The number of aliphatic hydroxyl groups is 2. The Morgan fingerprint density at radius 3 is 2.74 bits per heavy atom. The second kappa shape index (κ2) is 4.23. The lowest BCUT2D eigenvalue weighted by Crippen LogP contribution is -2.61. The molecular formula is C20H16O7. The summed E-state index contributed by atoms with van der Waals surface area (Å²) in [5.41, 5.74) is 2.26. The maximum Gasteiger partial charge on any atom is 0.274 e. The fourth-order valence-electron chi connectivity index (χ4n) is 5.28. The van der Waals surface area contributed by atoms with Gasteiger partial charge in [0.15, 0.2) is 6.10 Å². The van der Waals surface area contributed by atoms with E-state index in [1.54, 1.807) is 6.07 Å². The zero-order chi connectivity index (χ0) is 18.1. The van der Waals surface area contributed by atoms with Crippen molar-refractivity contribution in [1.29, 1.82) is 0 Å². The normalized spacial score (nSPS) is 41.4. The van der Waals surface area contributed by atoms with Gasteiger partial charge in [-0.2, -0.15) is 0 Å². The van der Waals surface area contributed by atoms with Crippen LogP contribution in [0.4, 0.5) is 0 Å². The number of ether oxygens (including phenoxy) is 4. The second-order valence-corrected chi connectivity index (χ2v) is 7.84. The topological polar surface area (TPSA) is 101 Å². The van der Waals surface area contributed by atoms with Crippen molar-refractivity contribution in [2.45, 2.75) is 48.8 Å². The third-order valence-electron chi connectivity index (χ3n) is 6.44. The molecule has 1 saturated heterocycles. The van der Waals surface area contributed by atoms with Crippen molar-refractivity contribution in [2.75, 3.05) is 0 Å². The van der Waals surface area contributed by atoms with Crippen LogP contribution in [0, 0.1) is 0 Å². The molecule has 0 radical (unpaired) electrons. The first-order valence-corrected chi connectivity index (χ1v) is 9.14. The Balaban J connectivity index is 1.57. The Labute approximate surface area is 153 Å². The number of phenolic OH excluding ortho intramolecular Hbond substituents is 1. The average molecular weight is 368 g/mol. The molecule has 2 aromatic carbocycles. The van der Waals surface area contributed by atoms with Crippen LogP contribution in [0.15, 0.2) is 30.3 Å². The fourth-order valence-corrected chi connectivity index (χ4v) is 5.28. The number of hydrogen-bond donors (Lipinski definition) is 3. The molecule has 2 aromatic rings. The molecule has 2 bridgehead atoms. The fraction of sp³-hybridized carbons (Fsp3) is 0.400. The zero-order valence-corrected chi connectivity index (χ0v) is 14.1. The van der Waals surface area contributed by atoms with Crippen LogP contribution in [0.25, 0.3) is 0 Å². The average Bonchev–Trinajstić information content (AvgIpc) is 3.46. The van der Waals surface area contributed by atoms with Gasteiger partial charge >= 0.3 is 0 Å². The summed E-state index contributed by atoms with van der Waals surface area (Å²) in [6, 6.07) is 8.70. The predicted molar refractivity (Wildman–Crippen MR) is 88.1 cm³/mol. The van der Waals surface area contributed by atoms with Crippen LogP contribution in [0.3, 0.4) is 0 Å². The van der Waals surface area contributed by atoms with E-state index in [0.717, 1.165) is 5.56 Å². The highest BCUT2D eigenvalue weighted by Crippen LogP contribution is 2.67. The maximum absolute atomic E-state index is 10.6. The van der Waals surface area contributed by atoms with Crippen molar-refractivity contribution in [3.63, 3.8) is 0 Å². The summed E-state index contributed by atoms with van der Waals surface area (Å²) < 4.78 is 25.0. The van der Waals surface area contributed by atoms with Crippen molar-refractivity contribution in [1.82, 2.24) is 0 Å². The van der Waals surface area contributed by atoms with E-state index in [-0.39, 0.29) is 5.75 Å². The molecule has 1 fully saturated rings. The molecule has 5 aliphatic rings. The van der Waals surface area contributed by atoms with Crippen molar-refractivity contribution in [2.24, 2.45) is 0 Å². The van der Waals surface area contributed by atoms with Gasteiger partial charge in [-0.1, -0.05) is 12.1 Å². The van der Waals surface area contributed by atoms with Gasteiger partial charge < -0.3 is 29.5 Å². The van der Waals surface area contributed by atoms with E-state index in [1.165, 1.54) is 6.07 Å². The molecule has 0 amide bonds. The van der Waals surface area contributed by atoms with Crippen LogP contribution in [0.2, 0.25) is 0 Å². The molecule has 0 aromatic heterocycles. The van der Waals surface area contributed by atoms with Gasteiger partial charge in [0.2, 0.25) is 5.79 Å². The first kappa shape index (κ1) is 14.7. The summed E-state index contributed by atoms with van der Waals surface area (Å²) in [5, 5.41) is 31.5. The van der Waals surface area contributed by atoms with Gasteiger partial charge in [0, 0.05) is 12.0 Å². The molecule has 2 spiro atoms. The lowest BCUT2D eigenvalue weighted by Gasteiger charge is -2.55. The number of benzene rings is 2. The largest absolute Gasteiger partial charge is 0.508 e. The Bertz CT molecular complexity index is 1040. The van der Waals surface area contributed by atoms with Gasteiger partial charge in [-0.05, 0) is 30.2 Å². The van der Waals surface area contributed by atoms with E-state index >= 15 is 0 Å². The summed E-state index contributed by atoms with van der Waals surface area (Å²) >= 11 is 0. The lowest BCUT2D eigenvalue weighted by molar-refractivity contribution is -0.371. The molecule has 27 heavy (non-hydrogen) atoms. The molecular weight excluding hydrogens is 352 g/mol. The minimum atomic E-state index is -1.29. The van der Waals surface area contributed by atoms with Crippen LogP contribution in [0.5, 0.6) is 17.2 Å². The molecule has 6 atom stereocenters. The summed E-state index contributed by atoms with van der Waals surface area (Å²) in [5.74, 6) is -1.36. The molecule has 3 heterocycles. The Kier molecular flexibility index (Phi) is 2.30. The molecule has 3 aliphatic heterocycles. The van der Waals surface area contributed by atoms with E-state index in [0.29, 0.717) is 41.0 Å². The first-order valence-electron chi connectivity index (χ1n) is 9.14. The minimum Gasteiger partial charge on any atom is -0.508 e. The summed E-state index contributed by atoms with van der Waals surface area (Å²) in [4.78, 5) is 0. The summed E-state index contributed by atoms with van der Waals surface area (Å²) in [6.07, 6.45) is -1.63. The lowest BCUT2D eigenvalue weighted by atomic mass is 9.77. The minimum absolute atomic E-state index is 0.0417. The third kappa shape index (κ3) is 1.48. The van der Waals surface area contributed by atoms with Crippen LogP contribution in [-0.4, -0.2) is 27.5 Å². The molecule has 7 nitrogen and oxygen atoms in total. The van der Waals surface area contributed by atoms with Crippen molar-refractivity contribution in [3.05, 3.63) is 52.6 Å². The van der Waals surface area contributed by atoms with Crippen LogP contribution in [-0.2, 0) is 21.0 Å². The Morgan fingerprint density at radius 2 is 1.85 bits per heavy atom. The van der Waals surface area contributed by atoms with E-state index < -0.39 is 36.0 Å². The number of hydrogen-bond acceptors (Lipinski definition) is 7. The molecule has 2 aliphatic carbocycles. The number of phenols is 1. The van der Waals surface area contributed by atoms with Gasteiger partial charge in [-0.25, -0.2) is 0 Å². The molecule has 7 rings (SSSR count). The smallest absolute Gasteiger partial charge is 0.274 e. The molecule has 7 heteroatoms. The standard InChI is InChI=1S/C20H16O7/c21-9-6-7-19-14-8(9)2-1-3-11(14)26-20(27-19)15-12(25-19)5-4-10(22)13(15)16(23)17-18(20)24-17/h1-5,9,16-18,21-23H,6-7H2/t9-,16+,17+,18+,19+,20-/m0/s1. The molecule has 0 unspecified atom stereocenters. The summed E-state index contributed by atoms with van der Waals surface area (Å²) in [7, 11) is 0. The monoisotopic (exact) mass is 368 g/mol. The van der Waals surface area contributed by atoms with Crippen LogP contribution in [0.1, 0.15) is 47.3 Å². The SMILES string of the molecule is Oc1ccc2c3c1[C@@H](O)[C@H]1O[C@H]1[C@]31Oc3cccc4c3[C@](CC[C@@H]4O)(O2)O1. The van der Waals surface area contributed by atoms with E-state index in [9.17, 15) is 15.3 Å². The second-order valence-electron chi connectivity index (χ2n) is 7.84. The van der Waals surface area contributed by atoms with Gasteiger partial charge in [-0.3, -0.25) is 4.74 Å². The van der Waals surface area contributed by atoms with Crippen molar-refractivity contribution < 1.29 is 34.3 Å². The maximum atomic E-state index is 10.6. The third-order valence-corrected chi connectivity index (χ3v) is 6.44. The zero-order valence-electron chi connectivity index (χ0n) is 14.1. The van der Waals surface area contributed by atoms with E-state index in [1.807, 2.05) is 18.2 Å². The van der Waals surface area contributed by atoms with Crippen molar-refractivity contribution >= 4 is 0 Å². The van der Waals surface area contributed by atoms with E-state index in [4.69, 9.17) is 18.9 Å². The number of aromatic hydroxyl groups is 1.